The van der Waals surface area contributed by atoms with Crippen LogP contribution in [0.4, 0.5) is 0 Å². The third-order valence-electron chi connectivity index (χ3n) is 3.10. The van der Waals surface area contributed by atoms with Crippen LogP contribution in [0.5, 0.6) is 0 Å². The highest BCUT2D eigenvalue weighted by Gasteiger charge is 2.23. The summed E-state index contributed by atoms with van der Waals surface area (Å²) in [4.78, 5) is 5.69. The molecule has 2 rings (SSSR count). The number of hydrogen-bond acceptors (Lipinski definition) is 4. The van der Waals surface area contributed by atoms with Crippen molar-refractivity contribution in [3.8, 4) is 0 Å². The molecule has 0 bridgehead atoms. The molecule has 1 aromatic heterocycles. The normalized spacial score (nSPS) is 23.3. The van der Waals surface area contributed by atoms with E-state index in [2.05, 4.69) is 11.9 Å². The highest BCUT2D eigenvalue weighted by Crippen LogP contribution is 2.22. The molecule has 2 unspecified atom stereocenters. The van der Waals surface area contributed by atoms with Gasteiger partial charge in [-0.05, 0) is 33.1 Å². The average molecular weight is 241 g/mol. The van der Waals surface area contributed by atoms with E-state index in [1.54, 1.807) is 11.3 Å². The first-order chi connectivity index (χ1) is 7.66. The number of ether oxygens (including phenoxy) is 1. The average Bonchev–Trinajstić information content (AvgIpc) is 2.59. The van der Waals surface area contributed by atoms with Crippen LogP contribution < -0.4 is 0 Å². The van der Waals surface area contributed by atoms with Crippen LogP contribution in [0.25, 0.3) is 0 Å². The lowest BCUT2D eigenvalue weighted by atomic mass is 10.0. The van der Waals surface area contributed by atoms with Gasteiger partial charge in [0, 0.05) is 17.9 Å². The van der Waals surface area contributed by atoms with Crippen molar-refractivity contribution in [3.63, 3.8) is 0 Å². The second-order valence-corrected chi connectivity index (χ2v) is 5.71. The molecule has 1 aliphatic heterocycles. The van der Waals surface area contributed by atoms with Crippen molar-refractivity contribution >= 4 is 11.3 Å². The molecule has 90 valence electrons. The van der Waals surface area contributed by atoms with Crippen molar-refractivity contribution in [1.82, 2.24) is 4.98 Å². The molecule has 0 amide bonds. The second kappa shape index (κ2) is 5.25. The molecule has 1 saturated heterocycles. The summed E-state index contributed by atoms with van der Waals surface area (Å²) in [6.45, 7) is 4.87. The molecule has 1 N–H and O–H groups in total. The van der Waals surface area contributed by atoms with Crippen LogP contribution in [0.15, 0.2) is 0 Å². The summed E-state index contributed by atoms with van der Waals surface area (Å²) in [6.07, 6.45) is 3.51. The Morgan fingerprint density at radius 2 is 2.31 bits per heavy atom. The molecule has 1 aromatic rings. The largest absolute Gasteiger partial charge is 0.390 e. The van der Waals surface area contributed by atoms with Crippen molar-refractivity contribution in [2.45, 2.75) is 51.7 Å². The topological polar surface area (TPSA) is 42.4 Å². The number of aliphatic hydroxyl groups excluding tert-OH is 1. The predicted molar refractivity (Wildman–Crippen MR) is 64.9 cm³/mol. The zero-order chi connectivity index (χ0) is 11.5. The fraction of sp³-hybridized carbons (Fsp3) is 0.750. The number of rotatable bonds is 3. The van der Waals surface area contributed by atoms with Crippen molar-refractivity contribution in [2.24, 2.45) is 0 Å². The summed E-state index contributed by atoms with van der Waals surface area (Å²) < 4.78 is 5.58. The zero-order valence-corrected chi connectivity index (χ0v) is 10.7. The summed E-state index contributed by atoms with van der Waals surface area (Å²) in [5, 5.41) is 11.1. The van der Waals surface area contributed by atoms with Gasteiger partial charge in [-0.3, -0.25) is 0 Å². The third-order valence-corrected chi connectivity index (χ3v) is 4.20. The van der Waals surface area contributed by atoms with E-state index in [0.717, 1.165) is 36.6 Å². The van der Waals surface area contributed by atoms with Crippen molar-refractivity contribution in [2.75, 3.05) is 6.61 Å². The molecule has 1 fully saturated rings. The first kappa shape index (κ1) is 12.0. The van der Waals surface area contributed by atoms with E-state index in [9.17, 15) is 5.11 Å². The minimum Gasteiger partial charge on any atom is -0.390 e. The van der Waals surface area contributed by atoms with Gasteiger partial charge in [0.25, 0.3) is 0 Å². The zero-order valence-electron chi connectivity index (χ0n) is 9.90. The fourth-order valence-electron chi connectivity index (χ4n) is 2.01. The summed E-state index contributed by atoms with van der Waals surface area (Å²) >= 11 is 1.68. The van der Waals surface area contributed by atoms with Crippen LogP contribution in [0, 0.1) is 13.8 Å². The molecular formula is C12H19NO2S. The number of aryl methyl sites for hydroxylation is 2. The van der Waals surface area contributed by atoms with Crippen LogP contribution in [0.2, 0.25) is 0 Å². The number of hydrogen-bond donors (Lipinski definition) is 1. The third kappa shape index (κ3) is 2.81. The Morgan fingerprint density at radius 3 is 2.88 bits per heavy atom. The van der Waals surface area contributed by atoms with Gasteiger partial charge in [0.1, 0.15) is 0 Å². The number of aromatic nitrogens is 1. The standard InChI is InChI=1S/C12H19NO2S/c1-8-9(2)16-12(13-8)7-10(14)11-5-3-4-6-15-11/h10-11,14H,3-7H2,1-2H3. The molecule has 0 radical (unpaired) electrons. The smallest absolute Gasteiger partial charge is 0.0957 e. The number of aliphatic hydroxyl groups is 1. The van der Waals surface area contributed by atoms with Crippen LogP contribution >= 0.6 is 11.3 Å². The van der Waals surface area contributed by atoms with Gasteiger partial charge in [0.05, 0.1) is 22.9 Å². The highest BCUT2D eigenvalue weighted by atomic mass is 32.1. The molecule has 1 aliphatic rings. The molecule has 2 atom stereocenters. The second-order valence-electron chi connectivity index (χ2n) is 4.43. The van der Waals surface area contributed by atoms with Gasteiger partial charge in [0.15, 0.2) is 0 Å². The predicted octanol–water partition coefficient (Wildman–Crippen LogP) is 2.23. The van der Waals surface area contributed by atoms with Gasteiger partial charge in [-0.1, -0.05) is 0 Å². The Hall–Kier alpha value is -0.450. The van der Waals surface area contributed by atoms with Gasteiger partial charge in [-0.15, -0.1) is 11.3 Å². The van der Waals surface area contributed by atoms with E-state index in [1.165, 1.54) is 4.88 Å². The molecule has 0 spiro atoms. The molecule has 0 saturated carbocycles. The van der Waals surface area contributed by atoms with E-state index < -0.39 is 6.10 Å². The van der Waals surface area contributed by atoms with Gasteiger partial charge >= 0.3 is 0 Å². The lowest BCUT2D eigenvalue weighted by Crippen LogP contribution is -2.33. The molecule has 0 aromatic carbocycles. The molecule has 0 aliphatic carbocycles. The van der Waals surface area contributed by atoms with Crippen LogP contribution in [-0.4, -0.2) is 28.9 Å². The monoisotopic (exact) mass is 241 g/mol. The Labute approximate surface area is 100 Å². The maximum absolute atomic E-state index is 10.1. The first-order valence-corrected chi connectivity index (χ1v) is 6.71. The lowest BCUT2D eigenvalue weighted by molar-refractivity contribution is -0.0611. The lowest BCUT2D eigenvalue weighted by Gasteiger charge is -2.26. The van der Waals surface area contributed by atoms with E-state index in [-0.39, 0.29) is 6.10 Å². The van der Waals surface area contributed by atoms with E-state index in [4.69, 9.17) is 4.74 Å². The molecule has 4 heteroatoms. The van der Waals surface area contributed by atoms with Crippen LogP contribution in [0.1, 0.15) is 34.8 Å². The van der Waals surface area contributed by atoms with Gasteiger partial charge in [-0.25, -0.2) is 4.98 Å². The SMILES string of the molecule is Cc1nc(CC(O)C2CCCCO2)sc1C. The van der Waals surface area contributed by atoms with Gasteiger partial charge in [0.2, 0.25) is 0 Å². The van der Waals surface area contributed by atoms with Crippen LogP contribution in [0.3, 0.4) is 0 Å². The quantitative estimate of drug-likeness (QED) is 0.882. The van der Waals surface area contributed by atoms with E-state index in [0.29, 0.717) is 6.42 Å². The van der Waals surface area contributed by atoms with Gasteiger partial charge < -0.3 is 9.84 Å². The van der Waals surface area contributed by atoms with Crippen molar-refractivity contribution in [3.05, 3.63) is 15.6 Å². The minimum atomic E-state index is -0.398. The fourth-order valence-corrected chi connectivity index (χ4v) is 2.99. The Morgan fingerprint density at radius 1 is 1.50 bits per heavy atom. The maximum atomic E-state index is 10.1. The molecule has 2 heterocycles. The summed E-state index contributed by atoms with van der Waals surface area (Å²) in [7, 11) is 0. The molecule has 16 heavy (non-hydrogen) atoms. The van der Waals surface area contributed by atoms with E-state index >= 15 is 0 Å². The number of thiazole rings is 1. The Bertz CT molecular complexity index is 325. The van der Waals surface area contributed by atoms with E-state index in [1.807, 2.05) is 6.92 Å². The van der Waals surface area contributed by atoms with Gasteiger partial charge in [-0.2, -0.15) is 0 Å². The minimum absolute atomic E-state index is 0.0123. The van der Waals surface area contributed by atoms with Crippen molar-refractivity contribution in [1.29, 1.82) is 0 Å². The Kier molecular flexibility index (Phi) is 3.95. The maximum Gasteiger partial charge on any atom is 0.0957 e. The summed E-state index contributed by atoms with van der Waals surface area (Å²) in [5.41, 5.74) is 1.08. The summed E-state index contributed by atoms with van der Waals surface area (Å²) in [6, 6.07) is 0. The Balaban J connectivity index is 1.93. The molecular weight excluding hydrogens is 222 g/mol. The van der Waals surface area contributed by atoms with Crippen LogP contribution in [-0.2, 0) is 11.2 Å². The van der Waals surface area contributed by atoms with Crippen molar-refractivity contribution < 1.29 is 9.84 Å². The summed E-state index contributed by atoms with van der Waals surface area (Å²) in [5.74, 6) is 0. The highest BCUT2D eigenvalue weighted by molar-refractivity contribution is 7.11. The first-order valence-electron chi connectivity index (χ1n) is 5.89. The molecule has 3 nitrogen and oxygen atoms in total. The number of nitrogens with zero attached hydrogens (tertiary/aromatic N) is 1.